The number of nitrogens with two attached hydrogens (primary N) is 1. The molecule has 336 valence electrons. The smallest absolute Gasteiger partial charge is 0.329 e. The number of nitrogens with one attached hydrogen (secondary N) is 2. The summed E-state index contributed by atoms with van der Waals surface area (Å²) in [5.74, 6) is 12.9. The molecule has 0 radical (unpaired) electrons. The van der Waals surface area contributed by atoms with Gasteiger partial charge in [-0.2, -0.15) is 0 Å². The number of nitrogens with zero attached hydrogens (tertiary/aromatic N) is 4. The molecule has 8 rings (SSSR count). The minimum Gasteiger partial charge on any atom is -0.345 e. The number of aromatic nitrogens is 2. The number of imide groups is 1. The van der Waals surface area contributed by atoms with Crippen LogP contribution >= 0.6 is 0 Å². The average Bonchev–Trinajstić information content (AvgIpc) is 3.56. The molecule has 0 aliphatic carbocycles. The summed E-state index contributed by atoms with van der Waals surface area (Å²) >= 11 is 0. The normalized spacial score (nSPS) is 17.8. The molecule has 2 atom stereocenters. The van der Waals surface area contributed by atoms with Crippen molar-refractivity contribution in [2.75, 3.05) is 39.3 Å². The first kappa shape index (κ1) is 45.1. The van der Waals surface area contributed by atoms with Crippen LogP contribution in [0, 0.1) is 36.5 Å². The van der Waals surface area contributed by atoms with Crippen molar-refractivity contribution in [3.63, 3.8) is 0 Å². The molecule has 12 nitrogen and oxygen atoms in total. The summed E-state index contributed by atoms with van der Waals surface area (Å²) in [4.78, 5) is 68.7. The first-order chi connectivity index (χ1) is 31.5. The van der Waals surface area contributed by atoms with Gasteiger partial charge in [-0.05, 0) is 142 Å². The van der Waals surface area contributed by atoms with Gasteiger partial charge in [0.1, 0.15) is 6.04 Å². The predicted molar refractivity (Wildman–Crippen MR) is 254 cm³/mol. The number of piperidine rings is 3. The fraction of sp³-hybridized carbons (Fsp3) is 0.415. The van der Waals surface area contributed by atoms with E-state index >= 15 is 0 Å². The number of hydrogen-bond acceptors (Lipinski definition) is 7. The highest BCUT2D eigenvalue weighted by atomic mass is 16.2. The molecule has 4 aromatic carbocycles. The Morgan fingerprint density at radius 3 is 2.38 bits per heavy atom. The van der Waals surface area contributed by atoms with Gasteiger partial charge >= 0.3 is 5.69 Å². The average molecular weight is 874 g/mol. The molecule has 3 aliphatic rings. The van der Waals surface area contributed by atoms with E-state index in [1.165, 1.54) is 4.57 Å². The second-order valence-corrected chi connectivity index (χ2v) is 17.9. The number of imidazole rings is 1. The Bertz CT molecular complexity index is 2820. The van der Waals surface area contributed by atoms with E-state index in [4.69, 9.17) is 5.73 Å². The van der Waals surface area contributed by atoms with E-state index < -0.39 is 11.9 Å². The quantitative estimate of drug-likeness (QED) is 0.0857. The molecule has 12 heteroatoms. The minimum atomic E-state index is -0.705. The second-order valence-electron chi connectivity index (χ2n) is 17.9. The van der Waals surface area contributed by atoms with Crippen molar-refractivity contribution in [3.8, 4) is 23.7 Å². The van der Waals surface area contributed by atoms with Gasteiger partial charge in [-0.15, -0.1) is 0 Å². The maximum atomic E-state index is 13.4. The van der Waals surface area contributed by atoms with Crippen LogP contribution in [-0.4, -0.2) is 81.8 Å². The largest absolute Gasteiger partial charge is 0.345 e. The van der Waals surface area contributed by atoms with E-state index in [0.717, 1.165) is 102 Å². The lowest BCUT2D eigenvalue weighted by Gasteiger charge is -2.32. The lowest BCUT2D eigenvalue weighted by Crippen LogP contribution is -2.44. The van der Waals surface area contributed by atoms with Crippen molar-refractivity contribution in [2.45, 2.75) is 89.6 Å². The lowest BCUT2D eigenvalue weighted by molar-refractivity contribution is -0.136. The van der Waals surface area contributed by atoms with Gasteiger partial charge < -0.3 is 20.9 Å². The van der Waals surface area contributed by atoms with Gasteiger partial charge in [0.25, 0.3) is 5.91 Å². The van der Waals surface area contributed by atoms with Crippen LogP contribution in [-0.2, 0) is 21.4 Å². The Morgan fingerprint density at radius 2 is 1.63 bits per heavy atom. The third-order valence-electron chi connectivity index (χ3n) is 13.7. The van der Waals surface area contributed by atoms with Crippen molar-refractivity contribution in [2.24, 2.45) is 18.7 Å². The SMILES string of the molecule is Cc1ccc(C#CCN)cc1C(=O)N[C@H](C)c1ccc(C#CC2CCN(CCCCC(=O)N3CCC(c4ccc5c(c4)n(C)c(=O)n5C4CCC(=O)NC4=O)CC3)CC2)c2ccccc12. The van der Waals surface area contributed by atoms with Crippen LogP contribution in [0.2, 0.25) is 0 Å². The Morgan fingerprint density at radius 1 is 0.862 bits per heavy atom. The summed E-state index contributed by atoms with van der Waals surface area (Å²) in [6, 6.07) is 23.2. The predicted octanol–water partition coefficient (Wildman–Crippen LogP) is 6.22. The number of rotatable bonds is 10. The maximum Gasteiger partial charge on any atom is 0.329 e. The molecule has 4 heterocycles. The van der Waals surface area contributed by atoms with Crippen molar-refractivity contribution < 1.29 is 19.2 Å². The van der Waals surface area contributed by atoms with Gasteiger partial charge in [0.05, 0.1) is 23.6 Å². The molecule has 4 amide bonds. The molecule has 1 unspecified atom stereocenters. The molecule has 1 aromatic heterocycles. The Balaban J connectivity index is 0.776. The van der Waals surface area contributed by atoms with Gasteiger partial charge in [-0.25, -0.2) is 4.79 Å². The molecule has 3 saturated heterocycles. The number of fused-ring (bicyclic) bond motifs is 2. The summed E-state index contributed by atoms with van der Waals surface area (Å²) < 4.78 is 3.10. The molecule has 5 aromatic rings. The highest BCUT2D eigenvalue weighted by Gasteiger charge is 2.32. The van der Waals surface area contributed by atoms with Gasteiger partial charge in [-0.1, -0.05) is 66.1 Å². The number of amides is 4. The number of aryl methyl sites for hydroxylation is 2. The molecule has 0 spiro atoms. The number of unbranched alkanes of at least 4 members (excludes halogenated alkanes) is 1. The van der Waals surface area contributed by atoms with E-state index in [1.54, 1.807) is 11.6 Å². The standard InChI is InChI=1S/C53H59N7O5/c1-35-13-14-38(9-8-27-54)33-45(35)51(63)55-36(2)42-19-17-40(43-10-4-5-11-44(42)43)16-15-37-23-29-58(30-24-37)28-7-6-12-50(62)59-31-25-39(26-32-59)41-18-20-46-48(34-41)57(3)53(65)60(46)47-21-22-49(61)56-52(47)64/h4-5,10-11,13-14,17-20,33-34,36-37,39,47H,6-7,12,21-32,54H2,1-3H3,(H,55,63)(H,56,61,64)/t36-,47?/m1/s1. The van der Waals surface area contributed by atoms with Gasteiger partial charge in [0, 0.05) is 55.6 Å². The maximum absolute atomic E-state index is 13.4. The zero-order valence-corrected chi connectivity index (χ0v) is 37.8. The molecule has 4 N–H and O–H groups in total. The minimum absolute atomic E-state index is 0.140. The van der Waals surface area contributed by atoms with Crippen molar-refractivity contribution in [1.82, 2.24) is 29.6 Å². The fourth-order valence-corrected chi connectivity index (χ4v) is 9.84. The van der Waals surface area contributed by atoms with Crippen LogP contribution in [0.15, 0.2) is 77.6 Å². The molecule has 3 aliphatic heterocycles. The van der Waals surface area contributed by atoms with E-state index in [1.807, 2.05) is 67.3 Å². The van der Waals surface area contributed by atoms with Crippen LogP contribution in [0.3, 0.4) is 0 Å². The molecular formula is C53H59N7O5. The van der Waals surface area contributed by atoms with Crippen molar-refractivity contribution in [1.29, 1.82) is 0 Å². The Labute approximate surface area is 380 Å². The summed E-state index contributed by atoms with van der Waals surface area (Å²) in [7, 11) is 1.72. The highest BCUT2D eigenvalue weighted by Crippen LogP contribution is 2.32. The molecular weight excluding hydrogens is 815 g/mol. The number of benzene rings is 4. The second kappa shape index (κ2) is 20.1. The lowest BCUT2D eigenvalue weighted by atomic mass is 9.89. The third kappa shape index (κ3) is 10.1. The molecule has 0 saturated carbocycles. The number of carbonyl (C=O) groups excluding carboxylic acids is 4. The molecule has 3 fully saturated rings. The zero-order chi connectivity index (χ0) is 45.6. The van der Waals surface area contributed by atoms with Crippen LogP contribution in [0.25, 0.3) is 21.8 Å². The zero-order valence-electron chi connectivity index (χ0n) is 37.8. The van der Waals surface area contributed by atoms with Crippen LogP contribution in [0.1, 0.15) is 121 Å². The van der Waals surface area contributed by atoms with Crippen molar-refractivity contribution >= 4 is 45.4 Å². The Kier molecular flexibility index (Phi) is 14.0. The molecule has 65 heavy (non-hydrogen) atoms. The van der Waals surface area contributed by atoms with Gasteiger partial charge in [0.15, 0.2) is 0 Å². The highest BCUT2D eigenvalue weighted by molar-refractivity contribution is 6.00. The van der Waals surface area contributed by atoms with Crippen LogP contribution in [0.5, 0.6) is 0 Å². The Hall–Kier alpha value is -6.47. The van der Waals surface area contributed by atoms with E-state index in [2.05, 4.69) is 63.5 Å². The third-order valence-corrected chi connectivity index (χ3v) is 13.7. The number of likely N-dealkylation sites (tertiary alicyclic amines) is 2. The summed E-state index contributed by atoms with van der Waals surface area (Å²) in [5, 5.41) is 7.73. The first-order valence-electron chi connectivity index (χ1n) is 23.2. The summed E-state index contributed by atoms with van der Waals surface area (Å²) in [6.45, 7) is 8.62. The number of hydrogen-bond donors (Lipinski definition) is 3. The van der Waals surface area contributed by atoms with Crippen LogP contribution < -0.4 is 22.1 Å². The van der Waals surface area contributed by atoms with E-state index in [0.29, 0.717) is 42.9 Å². The fourth-order valence-electron chi connectivity index (χ4n) is 9.84. The monoisotopic (exact) mass is 873 g/mol. The van der Waals surface area contributed by atoms with Crippen molar-refractivity contribution in [3.05, 3.63) is 117 Å². The molecule has 0 bridgehead atoms. The summed E-state index contributed by atoms with van der Waals surface area (Å²) in [6.07, 6.45) is 6.70. The first-order valence-corrected chi connectivity index (χ1v) is 23.2. The van der Waals surface area contributed by atoms with Gasteiger partial charge in [-0.3, -0.25) is 33.6 Å². The van der Waals surface area contributed by atoms with Crippen LogP contribution in [0.4, 0.5) is 0 Å². The topological polar surface area (TPSA) is 152 Å². The van der Waals surface area contributed by atoms with Gasteiger partial charge in [0.2, 0.25) is 17.7 Å². The number of carbonyl (C=O) groups is 4. The van der Waals surface area contributed by atoms with E-state index in [9.17, 15) is 24.0 Å². The summed E-state index contributed by atoms with van der Waals surface area (Å²) in [5.41, 5.74) is 12.2. The van der Waals surface area contributed by atoms with E-state index in [-0.39, 0.29) is 48.3 Å².